The van der Waals surface area contributed by atoms with Crippen LogP contribution in [-0.2, 0) is 0 Å². The van der Waals surface area contributed by atoms with Crippen molar-refractivity contribution in [1.29, 1.82) is 0 Å². The molecule has 0 unspecified atom stereocenters. The highest BCUT2D eigenvalue weighted by Crippen LogP contribution is 2.42. The predicted octanol–water partition coefficient (Wildman–Crippen LogP) is 15.6. The molecule has 4 nitrogen and oxygen atoms in total. The molecule has 13 aromatic rings. The number of hydrogen-bond donors (Lipinski definition) is 0. The van der Waals surface area contributed by atoms with Crippen molar-refractivity contribution in [3.8, 4) is 56.3 Å². The van der Waals surface area contributed by atoms with Gasteiger partial charge in [0, 0.05) is 54.8 Å². The molecule has 4 heteroatoms. The van der Waals surface area contributed by atoms with Crippen molar-refractivity contribution in [2.45, 2.75) is 0 Å². The largest absolute Gasteiger partial charge is 0.309 e. The second-order valence-electron chi connectivity index (χ2n) is 16.6. The van der Waals surface area contributed by atoms with Crippen LogP contribution in [0.5, 0.6) is 0 Å². The van der Waals surface area contributed by atoms with E-state index in [1.807, 2.05) is 6.07 Å². The molecule has 0 N–H and O–H groups in total. The van der Waals surface area contributed by atoms with Gasteiger partial charge in [0.1, 0.15) is 0 Å². The van der Waals surface area contributed by atoms with E-state index in [1.165, 1.54) is 54.5 Å². The number of fused-ring (bicyclic) bond motifs is 9. The van der Waals surface area contributed by atoms with Gasteiger partial charge < -0.3 is 9.13 Å². The third kappa shape index (κ3) is 5.77. The van der Waals surface area contributed by atoms with Crippen LogP contribution < -0.4 is 0 Å². The maximum atomic E-state index is 5.40. The molecule has 13 rings (SSSR count). The average Bonchev–Trinajstić information content (AvgIpc) is 3.88. The van der Waals surface area contributed by atoms with Crippen LogP contribution in [-0.4, -0.2) is 19.1 Å². The topological polar surface area (TPSA) is 35.6 Å². The summed E-state index contributed by atoms with van der Waals surface area (Å²) in [5.74, 6) is 0.697. The summed E-state index contributed by atoms with van der Waals surface area (Å²) in [6.07, 6.45) is 0. The monoisotopic (exact) mass is 814 g/mol. The van der Waals surface area contributed by atoms with Crippen LogP contribution in [0.25, 0.3) is 122 Å². The summed E-state index contributed by atoms with van der Waals surface area (Å²) in [7, 11) is 0. The third-order valence-corrected chi connectivity index (χ3v) is 12.9. The fourth-order valence-corrected chi connectivity index (χ4v) is 9.86. The Morgan fingerprint density at radius 2 is 0.844 bits per heavy atom. The first-order valence-corrected chi connectivity index (χ1v) is 21.8. The van der Waals surface area contributed by atoms with Crippen molar-refractivity contribution < 1.29 is 0 Å². The zero-order valence-corrected chi connectivity index (χ0v) is 34.7. The van der Waals surface area contributed by atoms with Gasteiger partial charge in [-0.15, -0.1) is 0 Å². The van der Waals surface area contributed by atoms with Crippen LogP contribution in [0.15, 0.2) is 231 Å². The van der Waals surface area contributed by atoms with Crippen molar-refractivity contribution in [2.75, 3.05) is 0 Å². The molecule has 3 aromatic heterocycles. The number of para-hydroxylation sites is 2. The van der Waals surface area contributed by atoms with Gasteiger partial charge in [0.05, 0.1) is 33.3 Å². The molecule has 3 heterocycles. The van der Waals surface area contributed by atoms with Crippen LogP contribution in [0.4, 0.5) is 0 Å². The lowest BCUT2D eigenvalue weighted by Gasteiger charge is -2.14. The number of benzene rings is 10. The minimum atomic E-state index is 0.697. The second kappa shape index (κ2) is 14.5. The Balaban J connectivity index is 1.05. The van der Waals surface area contributed by atoms with E-state index < -0.39 is 0 Å². The fourth-order valence-electron chi connectivity index (χ4n) is 9.86. The molecule has 0 fully saturated rings. The molecule has 0 aliphatic carbocycles. The number of hydrogen-bond acceptors (Lipinski definition) is 2. The maximum Gasteiger partial charge on any atom is 0.160 e. The Labute approximate surface area is 369 Å². The quantitative estimate of drug-likeness (QED) is 0.168. The second-order valence-corrected chi connectivity index (χ2v) is 16.6. The van der Waals surface area contributed by atoms with Gasteiger partial charge in [-0.2, -0.15) is 0 Å². The number of aromatic nitrogens is 4. The molecule has 0 saturated heterocycles. The Kier molecular flexibility index (Phi) is 8.18. The third-order valence-electron chi connectivity index (χ3n) is 12.9. The lowest BCUT2D eigenvalue weighted by molar-refractivity contribution is 1.17. The van der Waals surface area contributed by atoms with E-state index in [1.54, 1.807) is 0 Å². The van der Waals surface area contributed by atoms with Crippen LogP contribution in [0.3, 0.4) is 0 Å². The summed E-state index contributed by atoms with van der Waals surface area (Å²) in [6.45, 7) is 0. The van der Waals surface area contributed by atoms with Crippen LogP contribution in [0, 0.1) is 0 Å². The molecule has 298 valence electrons. The first kappa shape index (κ1) is 36.1. The van der Waals surface area contributed by atoms with Crippen LogP contribution >= 0.6 is 0 Å². The van der Waals surface area contributed by atoms with Gasteiger partial charge >= 0.3 is 0 Å². The lowest BCUT2D eigenvalue weighted by Crippen LogP contribution is -1.99. The summed E-state index contributed by atoms with van der Waals surface area (Å²) in [6, 6.07) is 82.7. The molecule has 0 atom stereocenters. The number of rotatable bonds is 6. The fraction of sp³-hybridized carbons (Fsp3) is 0. The maximum absolute atomic E-state index is 5.40. The molecule has 0 aliphatic rings. The highest BCUT2D eigenvalue weighted by Gasteiger charge is 2.21. The van der Waals surface area contributed by atoms with Crippen molar-refractivity contribution in [3.05, 3.63) is 231 Å². The van der Waals surface area contributed by atoms with E-state index in [-0.39, 0.29) is 0 Å². The van der Waals surface area contributed by atoms with E-state index in [2.05, 4.69) is 234 Å². The van der Waals surface area contributed by atoms with Crippen LogP contribution in [0.2, 0.25) is 0 Å². The first-order chi connectivity index (χ1) is 31.7. The molecule has 0 spiro atoms. The van der Waals surface area contributed by atoms with E-state index in [9.17, 15) is 0 Å². The average molecular weight is 815 g/mol. The zero-order chi connectivity index (χ0) is 42.1. The summed E-state index contributed by atoms with van der Waals surface area (Å²) in [5.41, 5.74) is 15.4. The summed E-state index contributed by atoms with van der Waals surface area (Å²) < 4.78 is 4.88. The van der Waals surface area contributed by atoms with Crippen molar-refractivity contribution in [1.82, 2.24) is 19.1 Å². The van der Waals surface area contributed by atoms with Gasteiger partial charge in [-0.1, -0.05) is 182 Å². The molecule has 0 saturated carbocycles. The standard InChI is InChI=1S/C60H38N4/c1-4-14-39(15-5-1)41-24-28-44(29-25-41)58-53-36-47(33-35-54(53)61-60(62-58)45-30-26-42(27-31-45)40-16-6-2-7-17-40)63-55-23-13-12-22-49(55)51-37-52-50-34-32-43-18-10-11-21-48(43)59(50)64(57(52)38-56(51)63)46-19-8-3-9-20-46/h1-38H. The molecular weight excluding hydrogens is 777 g/mol. The molecule has 0 aliphatic heterocycles. The molecule has 0 amide bonds. The summed E-state index contributed by atoms with van der Waals surface area (Å²) in [4.78, 5) is 10.7. The van der Waals surface area contributed by atoms with Crippen molar-refractivity contribution >= 4 is 65.3 Å². The van der Waals surface area contributed by atoms with E-state index in [4.69, 9.17) is 9.97 Å². The van der Waals surface area contributed by atoms with Gasteiger partial charge in [0.25, 0.3) is 0 Å². The molecule has 0 bridgehead atoms. The van der Waals surface area contributed by atoms with Crippen LogP contribution in [0.1, 0.15) is 0 Å². The van der Waals surface area contributed by atoms with Gasteiger partial charge in [0.15, 0.2) is 5.82 Å². The summed E-state index contributed by atoms with van der Waals surface area (Å²) >= 11 is 0. The lowest BCUT2D eigenvalue weighted by atomic mass is 10.00. The molecule has 10 aromatic carbocycles. The normalized spacial score (nSPS) is 11.8. The highest BCUT2D eigenvalue weighted by molar-refractivity contribution is 6.23. The molecule has 0 radical (unpaired) electrons. The minimum Gasteiger partial charge on any atom is -0.309 e. The van der Waals surface area contributed by atoms with Gasteiger partial charge in [-0.05, 0) is 76.2 Å². The smallest absolute Gasteiger partial charge is 0.160 e. The Bertz CT molecular complexity index is 3910. The van der Waals surface area contributed by atoms with Gasteiger partial charge in [0.2, 0.25) is 0 Å². The Morgan fingerprint density at radius 1 is 0.281 bits per heavy atom. The van der Waals surface area contributed by atoms with Crippen molar-refractivity contribution in [2.24, 2.45) is 0 Å². The van der Waals surface area contributed by atoms with Crippen molar-refractivity contribution in [3.63, 3.8) is 0 Å². The Morgan fingerprint density at radius 3 is 1.56 bits per heavy atom. The SMILES string of the molecule is c1ccc(-c2ccc(-c3nc(-c4ccc(-c5ccccc5)cc4)c4cc(-n5c6ccccc6c6cc7c8ccc9ccccc9c8n(-c8ccccc8)c7cc65)ccc4n3)cc2)cc1. The first-order valence-electron chi connectivity index (χ1n) is 21.8. The van der Waals surface area contributed by atoms with Gasteiger partial charge in [-0.3, -0.25) is 0 Å². The zero-order valence-electron chi connectivity index (χ0n) is 34.7. The highest BCUT2D eigenvalue weighted by atomic mass is 15.0. The molecule has 64 heavy (non-hydrogen) atoms. The van der Waals surface area contributed by atoms with E-state index in [0.717, 1.165) is 61.3 Å². The van der Waals surface area contributed by atoms with E-state index in [0.29, 0.717) is 5.82 Å². The predicted molar refractivity (Wildman–Crippen MR) is 267 cm³/mol. The minimum absolute atomic E-state index is 0.697. The van der Waals surface area contributed by atoms with Gasteiger partial charge in [-0.25, -0.2) is 9.97 Å². The number of nitrogens with zero attached hydrogens (tertiary/aromatic N) is 4. The summed E-state index contributed by atoms with van der Waals surface area (Å²) in [5, 5.41) is 8.36. The van der Waals surface area contributed by atoms with E-state index >= 15 is 0 Å². The Hall–Kier alpha value is -8.60. The molecular formula is C60H38N4.